The van der Waals surface area contributed by atoms with Gasteiger partial charge >= 0.3 is 0 Å². The Balaban J connectivity index is 3.62. The number of hydrazine groups is 1. The van der Waals surface area contributed by atoms with E-state index in [-0.39, 0.29) is 11.9 Å². The van der Waals surface area contributed by atoms with Gasteiger partial charge in [0.25, 0.3) is 5.91 Å². The van der Waals surface area contributed by atoms with Gasteiger partial charge in [-0.1, -0.05) is 6.92 Å². The van der Waals surface area contributed by atoms with E-state index in [9.17, 15) is 4.79 Å². The van der Waals surface area contributed by atoms with Gasteiger partial charge < -0.3 is 5.73 Å². The van der Waals surface area contributed by atoms with Gasteiger partial charge in [0.2, 0.25) is 0 Å². The third-order valence-corrected chi connectivity index (χ3v) is 1.11. The largest absolute Gasteiger partial charge is 0.320 e. The van der Waals surface area contributed by atoms with E-state index in [0.29, 0.717) is 6.42 Å². The van der Waals surface area contributed by atoms with E-state index in [0.717, 1.165) is 0 Å². The number of nitrogens with one attached hydrogen (secondary N) is 1. The fourth-order valence-electron chi connectivity index (χ4n) is 0.489. The van der Waals surface area contributed by atoms with Crippen molar-refractivity contribution >= 4 is 5.91 Å². The van der Waals surface area contributed by atoms with Gasteiger partial charge in [0.1, 0.15) is 0 Å². The fraction of sp³-hybridized carbons (Fsp3) is 0.833. The molecule has 4 heteroatoms. The van der Waals surface area contributed by atoms with Crippen molar-refractivity contribution < 1.29 is 4.79 Å². The lowest BCUT2D eigenvalue weighted by molar-refractivity contribution is -0.126. The summed E-state index contributed by atoms with van der Waals surface area (Å²) in [6.07, 6.45) is 0.666. The lowest BCUT2D eigenvalue weighted by Crippen LogP contribution is -2.46. The molecule has 0 fully saturated rings. The number of amides is 1. The Bertz CT molecular complexity index is 114. The second kappa shape index (κ2) is 4.24. The number of hydrogen-bond acceptors (Lipinski definition) is 3. The second-order valence-electron chi connectivity index (χ2n) is 2.39. The molecule has 0 saturated heterocycles. The third kappa shape index (κ3) is 3.42. The summed E-state index contributed by atoms with van der Waals surface area (Å²) in [6.45, 7) is 1.87. The molecule has 1 amide bonds. The molecule has 0 aromatic carbocycles. The first-order valence-electron chi connectivity index (χ1n) is 3.31. The number of nitrogens with two attached hydrogens (primary N) is 1. The SMILES string of the molecule is CCC(N)C(=O)NN(C)C. The molecule has 0 spiro atoms. The van der Waals surface area contributed by atoms with Gasteiger partial charge in [-0.05, 0) is 6.42 Å². The predicted molar refractivity (Wildman–Crippen MR) is 40.1 cm³/mol. The van der Waals surface area contributed by atoms with Crippen molar-refractivity contribution in [2.24, 2.45) is 5.73 Å². The van der Waals surface area contributed by atoms with E-state index in [1.54, 1.807) is 19.1 Å². The number of carbonyl (C=O) groups excluding carboxylic acids is 1. The van der Waals surface area contributed by atoms with E-state index in [1.165, 1.54) is 0 Å². The molecule has 0 heterocycles. The van der Waals surface area contributed by atoms with E-state index >= 15 is 0 Å². The van der Waals surface area contributed by atoms with Gasteiger partial charge in [-0.2, -0.15) is 0 Å². The molecule has 0 saturated carbocycles. The Morgan fingerprint density at radius 2 is 2.20 bits per heavy atom. The van der Waals surface area contributed by atoms with Crippen molar-refractivity contribution in [3.63, 3.8) is 0 Å². The summed E-state index contributed by atoms with van der Waals surface area (Å²) in [6, 6.07) is -0.387. The highest BCUT2D eigenvalue weighted by Gasteiger charge is 2.09. The zero-order valence-corrected chi connectivity index (χ0v) is 6.72. The summed E-state index contributed by atoms with van der Waals surface area (Å²) in [5.41, 5.74) is 7.99. The Labute approximate surface area is 61.3 Å². The fourth-order valence-corrected chi connectivity index (χ4v) is 0.489. The smallest absolute Gasteiger partial charge is 0.251 e. The molecule has 0 aliphatic heterocycles. The Hall–Kier alpha value is -0.610. The van der Waals surface area contributed by atoms with Crippen molar-refractivity contribution in [1.29, 1.82) is 0 Å². The Morgan fingerprint density at radius 3 is 2.50 bits per heavy atom. The molecule has 0 radical (unpaired) electrons. The van der Waals surface area contributed by atoms with Crippen LogP contribution in [0.25, 0.3) is 0 Å². The molecule has 1 atom stereocenters. The first-order valence-corrected chi connectivity index (χ1v) is 3.31. The van der Waals surface area contributed by atoms with Gasteiger partial charge in [0.05, 0.1) is 6.04 Å². The first kappa shape index (κ1) is 9.39. The van der Waals surface area contributed by atoms with Crippen LogP contribution in [-0.2, 0) is 4.79 Å². The van der Waals surface area contributed by atoms with Crippen molar-refractivity contribution in [2.45, 2.75) is 19.4 Å². The molecule has 0 aliphatic rings. The van der Waals surface area contributed by atoms with Gasteiger partial charge in [-0.25, -0.2) is 5.01 Å². The van der Waals surface area contributed by atoms with Gasteiger partial charge in [-0.15, -0.1) is 0 Å². The molecule has 10 heavy (non-hydrogen) atoms. The third-order valence-electron chi connectivity index (χ3n) is 1.11. The summed E-state index contributed by atoms with van der Waals surface area (Å²) < 4.78 is 0. The van der Waals surface area contributed by atoms with Crippen LogP contribution in [0, 0.1) is 0 Å². The molecule has 0 aliphatic carbocycles. The minimum absolute atomic E-state index is 0.132. The normalized spacial score (nSPS) is 13.3. The number of hydrogen-bond donors (Lipinski definition) is 2. The molecule has 0 rings (SSSR count). The average Bonchev–Trinajstić information content (AvgIpc) is 1.85. The lowest BCUT2D eigenvalue weighted by atomic mass is 10.2. The van der Waals surface area contributed by atoms with Crippen molar-refractivity contribution in [2.75, 3.05) is 14.1 Å². The van der Waals surface area contributed by atoms with Crippen LogP contribution in [0.1, 0.15) is 13.3 Å². The van der Waals surface area contributed by atoms with E-state index < -0.39 is 0 Å². The summed E-state index contributed by atoms with van der Waals surface area (Å²) in [5.74, 6) is -0.132. The number of nitrogens with zero attached hydrogens (tertiary/aromatic N) is 1. The minimum Gasteiger partial charge on any atom is -0.320 e. The maximum Gasteiger partial charge on any atom is 0.251 e. The van der Waals surface area contributed by atoms with Crippen LogP contribution in [0.15, 0.2) is 0 Å². The zero-order chi connectivity index (χ0) is 8.15. The van der Waals surface area contributed by atoms with Crippen LogP contribution in [-0.4, -0.2) is 31.1 Å². The second-order valence-corrected chi connectivity index (χ2v) is 2.39. The monoisotopic (exact) mass is 145 g/mol. The Morgan fingerprint density at radius 1 is 1.70 bits per heavy atom. The van der Waals surface area contributed by atoms with Crippen molar-refractivity contribution in [3.8, 4) is 0 Å². The lowest BCUT2D eigenvalue weighted by Gasteiger charge is -2.14. The molecule has 0 bridgehead atoms. The minimum atomic E-state index is -0.387. The van der Waals surface area contributed by atoms with Crippen LogP contribution in [0.2, 0.25) is 0 Å². The van der Waals surface area contributed by atoms with E-state index in [2.05, 4.69) is 5.43 Å². The summed E-state index contributed by atoms with van der Waals surface area (Å²) in [4.78, 5) is 10.9. The predicted octanol–water partition coefficient (Wildman–Crippen LogP) is -0.683. The highest BCUT2D eigenvalue weighted by Crippen LogP contribution is 1.84. The van der Waals surface area contributed by atoms with Gasteiger partial charge in [-0.3, -0.25) is 10.2 Å². The molecule has 1 unspecified atom stereocenters. The number of carbonyl (C=O) groups is 1. The molecule has 60 valence electrons. The number of rotatable bonds is 3. The molecular formula is C6H15N3O. The maximum absolute atomic E-state index is 10.9. The first-order chi connectivity index (χ1) is 4.57. The maximum atomic E-state index is 10.9. The van der Waals surface area contributed by atoms with Crippen molar-refractivity contribution in [1.82, 2.24) is 10.4 Å². The van der Waals surface area contributed by atoms with Crippen LogP contribution < -0.4 is 11.2 Å². The highest BCUT2D eigenvalue weighted by molar-refractivity contribution is 5.80. The summed E-state index contributed by atoms with van der Waals surface area (Å²) in [5, 5.41) is 1.58. The molecule has 0 aromatic heterocycles. The summed E-state index contributed by atoms with van der Waals surface area (Å²) >= 11 is 0. The molecule has 3 N–H and O–H groups in total. The quantitative estimate of drug-likeness (QED) is 0.517. The van der Waals surface area contributed by atoms with E-state index in [4.69, 9.17) is 5.73 Å². The standard InChI is InChI=1S/C6H15N3O/c1-4-5(7)6(10)8-9(2)3/h5H,4,7H2,1-3H3,(H,8,10). The van der Waals surface area contributed by atoms with Gasteiger partial charge in [0.15, 0.2) is 0 Å². The van der Waals surface area contributed by atoms with Crippen LogP contribution in [0.4, 0.5) is 0 Å². The van der Waals surface area contributed by atoms with Gasteiger partial charge in [0, 0.05) is 14.1 Å². The van der Waals surface area contributed by atoms with E-state index in [1.807, 2.05) is 6.92 Å². The molecular weight excluding hydrogens is 130 g/mol. The van der Waals surface area contributed by atoms with Crippen LogP contribution in [0.3, 0.4) is 0 Å². The Kier molecular flexibility index (Phi) is 3.99. The highest BCUT2D eigenvalue weighted by atomic mass is 16.2. The molecule has 4 nitrogen and oxygen atoms in total. The van der Waals surface area contributed by atoms with Crippen molar-refractivity contribution in [3.05, 3.63) is 0 Å². The zero-order valence-electron chi connectivity index (χ0n) is 6.72. The summed E-state index contributed by atoms with van der Waals surface area (Å²) in [7, 11) is 3.50. The topological polar surface area (TPSA) is 58.4 Å². The van der Waals surface area contributed by atoms with Crippen LogP contribution in [0.5, 0.6) is 0 Å². The average molecular weight is 145 g/mol. The molecule has 0 aromatic rings. The van der Waals surface area contributed by atoms with Crippen LogP contribution >= 0.6 is 0 Å².